The molecule has 0 amide bonds. The lowest BCUT2D eigenvalue weighted by Gasteiger charge is -2.34. The molecule has 30 heavy (non-hydrogen) atoms. The molecule has 0 spiro atoms. The molecule has 1 unspecified atom stereocenters. The SMILES string of the molecule is CCNC(=NCC(c1cccnc1)C(C)C)N1CCC(Oc2ccccc2)CC1.I. The molecule has 1 aromatic carbocycles. The summed E-state index contributed by atoms with van der Waals surface area (Å²) in [6.45, 7) is 10.2. The summed E-state index contributed by atoms with van der Waals surface area (Å²) in [4.78, 5) is 11.7. The third kappa shape index (κ3) is 7.15. The third-order valence-corrected chi connectivity index (χ3v) is 5.48. The molecule has 2 heterocycles. The highest BCUT2D eigenvalue weighted by molar-refractivity contribution is 14.0. The van der Waals surface area contributed by atoms with Crippen LogP contribution in [0.2, 0.25) is 0 Å². The van der Waals surface area contributed by atoms with E-state index >= 15 is 0 Å². The lowest BCUT2D eigenvalue weighted by molar-refractivity contribution is 0.129. The van der Waals surface area contributed by atoms with Crippen molar-refractivity contribution in [2.45, 2.75) is 45.6 Å². The standard InChI is InChI=1S/C24H34N4O.HI/c1-4-26-24(27-18-23(19(2)3)20-9-8-14-25-17-20)28-15-12-22(13-16-28)29-21-10-6-5-7-11-21;/h5-11,14,17,19,22-23H,4,12-13,15-16,18H2,1-3H3,(H,26,27);1H. The van der Waals surface area contributed by atoms with Crippen LogP contribution < -0.4 is 10.1 Å². The molecule has 1 aliphatic heterocycles. The van der Waals surface area contributed by atoms with Crippen molar-refractivity contribution in [2.24, 2.45) is 10.9 Å². The molecule has 1 atom stereocenters. The Morgan fingerprint density at radius 3 is 2.50 bits per heavy atom. The summed E-state index contributed by atoms with van der Waals surface area (Å²) < 4.78 is 6.14. The molecule has 3 rings (SSSR count). The normalized spacial score (nSPS) is 16.1. The average Bonchev–Trinajstić information content (AvgIpc) is 2.75. The van der Waals surface area contributed by atoms with Gasteiger partial charge in [0, 0.05) is 57.3 Å². The maximum absolute atomic E-state index is 6.14. The number of guanidine groups is 1. The number of hydrogen-bond acceptors (Lipinski definition) is 3. The summed E-state index contributed by atoms with van der Waals surface area (Å²) in [6, 6.07) is 14.3. The number of nitrogens with zero attached hydrogens (tertiary/aromatic N) is 3. The smallest absolute Gasteiger partial charge is 0.193 e. The summed E-state index contributed by atoms with van der Waals surface area (Å²) in [6.07, 6.45) is 6.09. The lowest BCUT2D eigenvalue weighted by Crippen LogP contribution is -2.47. The van der Waals surface area contributed by atoms with E-state index in [-0.39, 0.29) is 30.1 Å². The lowest BCUT2D eigenvalue weighted by atomic mass is 9.89. The number of rotatable bonds is 7. The van der Waals surface area contributed by atoms with Crippen LogP contribution in [0.15, 0.2) is 59.9 Å². The second-order valence-corrected chi connectivity index (χ2v) is 7.95. The number of halogens is 1. The first-order chi connectivity index (χ1) is 14.2. The predicted molar refractivity (Wildman–Crippen MR) is 135 cm³/mol. The van der Waals surface area contributed by atoms with Crippen LogP contribution >= 0.6 is 24.0 Å². The summed E-state index contributed by atoms with van der Waals surface area (Å²) in [5, 5.41) is 3.48. The first-order valence-electron chi connectivity index (χ1n) is 10.8. The van der Waals surface area contributed by atoms with E-state index in [0.29, 0.717) is 11.8 Å². The molecule has 164 valence electrons. The molecule has 2 aromatic rings. The maximum atomic E-state index is 6.14. The Morgan fingerprint density at radius 1 is 1.17 bits per heavy atom. The van der Waals surface area contributed by atoms with Crippen LogP contribution in [0.25, 0.3) is 0 Å². The number of likely N-dealkylation sites (tertiary alicyclic amines) is 1. The fourth-order valence-electron chi connectivity index (χ4n) is 3.78. The molecule has 0 aliphatic carbocycles. The molecular formula is C24H35IN4O. The zero-order valence-corrected chi connectivity index (χ0v) is 20.7. The highest BCUT2D eigenvalue weighted by atomic mass is 127. The first-order valence-corrected chi connectivity index (χ1v) is 10.8. The number of pyridine rings is 1. The molecule has 1 saturated heterocycles. The molecule has 1 N–H and O–H groups in total. The number of benzene rings is 1. The minimum absolute atomic E-state index is 0. The Kier molecular flexibility index (Phi) is 10.4. The van der Waals surface area contributed by atoms with Gasteiger partial charge < -0.3 is 15.0 Å². The summed E-state index contributed by atoms with van der Waals surface area (Å²) >= 11 is 0. The van der Waals surface area contributed by atoms with Crippen molar-refractivity contribution in [3.63, 3.8) is 0 Å². The predicted octanol–water partition coefficient (Wildman–Crippen LogP) is 4.95. The largest absolute Gasteiger partial charge is 0.490 e. The van der Waals surface area contributed by atoms with Crippen LogP contribution in [-0.2, 0) is 0 Å². The Morgan fingerprint density at radius 2 is 1.90 bits per heavy atom. The van der Waals surface area contributed by atoms with Gasteiger partial charge in [-0.1, -0.05) is 38.1 Å². The molecule has 5 nitrogen and oxygen atoms in total. The molecule has 0 saturated carbocycles. The van der Waals surface area contributed by atoms with Gasteiger partial charge in [0.2, 0.25) is 0 Å². The van der Waals surface area contributed by atoms with Gasteiger partial charge in [-0.2, -0.15) is 0 Å². The Hall–Kier alpha value is -1.83. The molecular weight excluding hydrogens is 487 g/mol. The van der Waals surface area contributed by atoms with Crippen LogP contribution in [0.4, 0.5) is 0 Å². The molecule has 0 radical (unpaired) electrons. The van der Waals surface area contributed by atoms with E-state index in [9.17, 15) is 0 Å². The second kappa shape index (κ2) is 12.8. The number of hydrogen-bond donors (Lipinski definition) is 1. The van der Waals surface area contributed by atoms with Crippen molar-refractivity contribution in [2.75, 3.05) is 26.2 Å². The zero-order chi connectivity index (χ0) is 20.5. The van der Waals surface area contributed by atoms with Gasteiger partial charge in [-0.25, -0.2) is 0 Å². The maximum Gasteiger partial charge on any atom is 0.193 e. The van der Waals surface area contributed by atoms with Crippen LogP contribution in [0.5, 0.6) is 5.75 Å². The van der Waals surface area contributed by atoms with E-state index in [1.807, 2.05) is 48.8 Å². The Bertz CT molecular complexity index is 746. The summed E-state index contributed by atoms with van der Waals surface area (Å²) in [5.74, 6) is 2.86. The van der Waals surface area contributed by atoms with Crippen molar-refractivity contribution in [3.8, 4) is 5.75 Å². The quantitative estimate of drug-likeness (QED) is 0.318. The molecule has 1 aliphatic rings. The minimum atomic E-state index is 0. The van der Waals surface area contributed by atoms with Crippen LogP contribution in [0.3, 0.4) is 0 Å². The number of ether oxygens (including phenoxy) is 1. The second-order valence-electron chi connectivity index (χ2n) is 7.95. The van der Waals surface area contributed by atoms with E-state index in [0.717, 1.165) is 50.7 Å². The number of nitrogens with one attached hydrogen (secondary N) is 1. The van der Waals surface area contributed by atoms with Gasteiger partial charge in [0.25, 0.3) is 0 Å². The summed E-state index contributed by atoms with van der Waals surface area (Å²) in [5.41, 5.74) is 1.26. The monoisotopic (exact) mass is 522 g/mol. The fraction of sp³-hybridized carbons (Fsp3) is 0.500. The van der Waals surface area contributed by atoms with Gasteiger partial charge in [-0.05, 0) is 36.6 Å². The highest BCUT2D eigenvalue weighted by Gasteiger charge is 2.23. The zero-order valence-electron chi connectivity index (χ0n) is 18.3. The van der Waals surface area contributed by atoms with E-state index in [4.69, 9.17) is 9.73 Å². The fourth-order valence-corrected chi connectivity index (χ4v) is 3.78. The third-order valence-electron chi connectivity index (χ3n) is 5.48. The Labute approximate surface area is 198 Å². The van der Waals surface area contributed by atoms with Crippen LogP contribution in [0, 0.1) is 5.92 Å². The van der Waals surface area contributed by atoms with Crippen molar-refractivity contribution in [1.29, 1.82) is 0 Å². The van der Waals surface area contributed by atoms with Crippen molar-refractivity contribution < 1.29 is 4.74 Å². The van der Waals surface area contributed by atoms with Gasteiger partial charge in [-0.15, -0.1) is 24.0 Å². The van der Waals surface area contributed by atoms with Gasteiger partial charge in [-0.3, -0.25) is 9.98 Å². The molecule has 1 fully saturated rings. The van der Waals surface area contributed by atoms with E-state index in [1.165, 1.54) is 5.56 Å². The number of aliphatic imine (C=N–C) groups is 1. The molecule has 6 heteroatoms. The van der Waals surface area contributed by atoms with Crippen LogP contribution in [0.1, 0.15) is 45.1 Å². The van der Waals surface area contributed by atoms with E-state index < -0.39 is 0 Å². The van der Waals surface area contributed by atoms with Gasteiger partial charge >= 0.3 is 0 Å². The topological polar surface area (TPSA) is 49.8 Å². The van der Waals surface area contributed by atoms with Gasteiger partial charge in [0.15, 0.2) is 5.96 Å². The average molecular weight is 522 g/mol. The number of aromatic nitrogens is 1. The van der Waals surface area contributed by atoms with Gasteiger partial charge in [0.1, 0.15) is 11.9 Å². The van der Waals surface area contributed by atoms with Crippen LogP contribution in [-0.4, -0.2) is 48.1 Å². The number of piperidine rings is 1. The van der Waals surface area contributed by atoms with Crippen molar-refractivity contribution in [1.82, 2.24) is 15.2 Å². The minimum Gasteiger partial charge on any atom is -0.490 e. The van der Waals surface area contributed by atoms with E-state index in [1.54, 1.807) is 0 Å². The van der Waals surface area contributed by atoms with Gasteiger partial charge in [0.05, 0.1) is 0 Å². The highest BCUT2D eigenvalue weighted by Crippen LogP contribution is 2.24. The van der Waals surface area contributed by atoms with Crippen molar-refractivity contribution >= 4 is 29.9 Å². The first kappa shape index (κ1) is 24.4. The van der Waals surface area contributed by atoms with Crippen molar-refractivity contribution in [3.05, 3.63) is 60.4 Å². The van der Waals surface area contributed by atoms with E-state index in [2.05, 4.69) is 42.0 Å². The summed E-state index contributed by atoms with van der Waals surface area (Å²) in [7, 11) is 0. The molecule has 1 aromatic heterocycles. The molecule has 0 bridgehead atoms. The Balaban J connectivity index is 0.00000320. The number of para-hydroxylation sites is 1.